The van der Waals surface area contributed by atoms with Crippen LogP contribution in [-0.2, 0) is 6.54 Å². The van der Waals surface area contributed by atoms with Crippen LogP contribution in [0.25, 0.3) is 5.65 Å². The number of benzene rings is 1. The quantitative estimate of drug-likeness (QED) is 0.746. The first-order valence-corrected chi connectivity index (χ1v) is 6.99. The van der Waals surface area contributed by atoms with Crippen molar-refractivity contribution in [2.45, 2.75) is 13.5 Å². The number of fused-ring (bicyclic) bond motifs is 1. The number of rotatable bonds is 3. The van der Waals surface area contributed by atoms with E-state index in [1.165, 1.54) is 22.6 Å². The molecule has 1 aromatic carbocycles. The van der Waals surface area contributed by atoms with Gasteiger partial charge in [0, 0.05) is 25.0 Å². The summed E-state index contributed by atoms with van der Waals surface area (Å²) in [7, 11) is 1.88. The molecule has 0 aliphatic heterocycles. The lowest BCUT2D eigenvalue weighted by molar-refractivity contribution is 0.627. The van der Waals surface area contributed by atoms with Crippen LogP contribution in [0.15, 0.2) is 53.5 Å². The van der Waals surface area contributed by atoms with Crippen molar-refractivity contribution in [2.75, 3.05) is 11.9 Å². The standard InChI is InChI=1S/C17H16FN3O/c1-12-4-3-9-21-16(22)10-14(19-17(12)21)11-20(2)15-7-5-13(18)6-8-15/h3-10H,11H2,1-2H3. The summed E-state index contributed by atoms with van der Waals surface area (Å²) in [5.74, 6) is -0.269. The Balaban J connectivity index is 1.95. The molecule has 3 rings (SSSR count). The summed E-state index contributed by atoms with van der Waals surface area (Å²) in [4.78, 5) is 18.7. The Hall–Kier alpha value is -2.69. The summed E-state index contributed by atoms with van der Waals surface area (Å²) in [5.41, 5.74) is 3.07. The zero-order valence-electron chi connectivity index (χ0n) is 12.5. The fraction of sp³-hybridized carbons (Fsp3) is 0.176. The van der Waals surface area contributed by atoms with Gasteiger partial charge >= 0.3 is 0 Å². The molecule has 2 aromatic heterocycles. The van der Waals surface area contributed by atoms with Crippen LogP contribution in [0.5, 0.6) is 0 Å². The number of nitrogens with zero attached hydrogens (tertiary/aromatic N) is 3. The Morgan fingerprint density at radius 1 is 1.23 bits per heavy atom. The van der Waals surface area contributed by atoms with Crippen LogP contribution in [0.4, 0.5) is 10.1 Å². The fourth-order valence-electron chi connectivity index (χ4n) is 2.42. The molecule has 0 spiro atoms. The van der Waals surface area contributed by atoms with Crippen LogP contribution in [0, 0.1) is 12.7 Å². The van der Waals surface area contributed by atoms with E-state index in [-0.39, 0.29) is 11.4 Å². The van der Waals surface area contributed by atoms with E-state index in [4.69, 9.17) is 0 Å². The van der Waals surface area contributed by atoms with E-state index in [9.17, 15) is 9.18 Å². The molecule has 0 radical (unpaired) electrons. The van der Waals surface area contributed by atoms with Gasteiger partial charge in [0.1, 0.15) is 11.5 Å². The molecule has 0 atom stereocenters. The summed E-state index contributed by atoms with van der Waals surface area (Å²) < 4.78 is 14.5. The van der Waals surface area contributed by atoms with Crippen molar-refractivity contribution in [1.29, 1.82) is 0 Å². The Kier molecular flexibility index (Phi) is 3.63. The molecule has 0 bridgehead atoms. The van der Waals surface area contributed by atoms with Gasteiger partial charge in [-0.1, -0.05) is 6.07 Å². The van der Waals surface area contributed by atoms with Crippen molar-refractivity contribution in [3.8, 4) is 0 Å². The van der Waals surface area contributed by atoms with E-state index < -0.39 is 0 Å². The lowest BCUT2D eigenvalue weighted by Gasteiger charge is -2.19. The van der Waals surface area contributed by atoms with E-state index in [1.54, 1.807) is 18.3 Å². The Morgan fingerprint density at radius 3 is 2.68 bits per heavy atom. The minimum absolute atomic E-state index is 0.101. The van der Waals surface area contributed by atoms with E-state index in [0.29, 0.717) is 17.9 Å². The van der Waals surface area contributed by atoms with Crippen molar-refractivity contribution < 1.29 is 4.39 Å². The van der Waals surface area contributed by atoms with Crippen LogP contribution in [0.3, 0.4) is 0 Å². The molecule has 0 N–H and O–H groups in total. The molecule has 0 unspecified atom stereocenters. The first kappa shape index (κ1) is 14.3. The number of hydrogen-bond acceptors (Lipinski definition) is 3. The normalized spacial score (nSPS) is 10.9. The summed E-state index contributed by atoms with van der Waals surface area (Å²) in [6.07, 6.45) is 1.71. The third-order valence-electron chi connectivity index (χ3n) is 3.61. The third kappa shape index (κ3) is 2.70. The Morgan fingerprint density at radius 2 is 1.95 bits per heavy atom. The van der Waals surface area contributed by atoms with Gasteiger partial charge in [-0.25, -0.2) is 9.37 Å². The van der Waals surface area contributed by atoms with Gasteiger partial charge in [-0.05, 0) is 42.8 Å². The summed E-state index contributed by atoms with van der Waals surface area (Å²) in [5, 5.41) is 0. The minimum Gasteiger partial charge on any atom is -0.369 e. The molecule has 0 fully saturated rings. The average molecular weight is 297 g/mol. The van der Waals surface area contributed by atoms with Gasteiger partial charge in [0.2, 0.25) is 0 Å². The fourth-order valence-corrected chi connectivity index (χ4v) is 2.42. The van der Waals surface area contributed by atoms with Gasteiger partial charge in [0.15, 0.2) is 0 Å². The molecule has 0 saturated carbocycles. The van der Waals surface area contributed by atoms with E-state index >= 15 is 0 Å². The van der Waals surface area contributed by atoms with Crippen molar-refractivity contribution in [1.82, 2.24) is 9.38 Å². The summed E-state index contributed by atoms with van der Waals surface area (Å²) in [6.45, 7) is 2.40. The first-order valence-electron chi connectivity index (χ1n) is 6.99. The molecular formula is C17H16FN3O. The highest BCUT2D eigenvalue weighted by Gasteiger charge is 2.08. The number of anilines is 1. The van der Waals surface area contributed by atoms with Gasteiger partial charge < -0.3 is 4.90 Å². The zero-order chi connectivity index (χ0) is 15.7. The van der Waals surface area contributed by atoms with Crippen LogP contribution in [0.2, 0.25) is 0 Å². The molecule has 22 heavy (non-hydrogen) atoms. The van der Waals surface area contributed by atoms with Crippen molar-refractivity contribution in [3.63, 3.8) is 0 Å². The smallest absolute Gasteiger partial charge is 0.258 e. The molecule has 4 nitrogen and oxygen atoms in total. The molecule has 0 aliphatic carbocycles. The molecule has 0 saturated heterocycles. The first-order chi connectivity index (χ1) is 10.5. The lowest BCUT2D eigenvalue weighted by atomic mass is 10.2. The van der Waals surface area contributed by atoms with E-state index in [2.05, 4.69) is 4.98 Å². The highest BCUT2D eigenvalue weighted by Crippen LogP contribution is 2.15. The summed E-state index contributed by atoms with van der Waals surface area (Å²) in [6, 6.07) is 11.5. The van der Waals surface area contributed by atoms with Gasteiger partial charge in [0.05, 0.1) is 12.2 Å². The number of hydrogen-bond donors (Lipinski definition) is 0. The number of aryl methyl sites for hydroxylation is 1. The highest BCUT2D eigenvalue weighted by molar-refractivity contribution is 5.48. The highest BCUT2D eigenvalue weighted by atomic mass is 19.1. The van der Waals surface area contributed by atoms with Crippen molar-refractivity contribution in [3.05, 3.63) is 76.1 Å². The monoisotopic (exact) mass is 297 g/mol. The third-order valence-corrected chi connectivity index (χ3v) is 3.61. The topological polar surface area (TPSA) is 37.6 Å². The summed E-state index contributed by atoms with van der Waals surface area (Å²) >= 11 is 0. The lowest BCUT2D eigenvalue weighted by Crippen LogP contribution is -2.22. The van der Waals surface area contributed by atoms with E-state index in [0.717, 1.165) is 11.3 Å². The predicted octanol–water partition coefficient (Wildman–Crippen LogP) is 2.78. The molecule has 0 amide bonds. The Bertz CT molecular complexity index is 871. The van der Waals surface area contributed by atoms with Gasteiger partial charge in [-0.2, -0.15) is 0 Å². The van der Waals surface area contributed by atoms with Gasteiger partial charge in [0.25, 0.3) is 5.56 Å². The molecule has 2 heterocycles. The largest absolute Gasteiger partial charge is 0.369 e. The second-order valence-corrected chi connectivity index (χ2v) is 5.30. The van der Waals surface area contributed by atoms with Crippen LogP contribution in [0.1, 0.15) is 11.3 Å². The van der Waals surface area contributed by atoms with E-state index in [1.807, 2.05) is 31.0 Å². The number of pyridine rings is 1. The minimum atomic E-state index is -0.269. The van der Waals surface area contributed by atoms with Crippen molar-refractivity contribution >= 4 is 11.3 Å². The van der Waals surface area contributed by atoms with Crippen molar-refractivity contribution in [2.24, 2.45) is 0 Å². The average Bonchev–Trinajstić information content (AvgIpc) is 2.49. The van der Waals surface area contributed by atoms with Crippen LogP contribution in [-0.4, -0.2) is 16.4 Å². The predicted molar refractivity (Wildman–Crippen MR) is 84.7 cm³/mol. The maximum absolute atomic E-state index is 13.0. The Labute approximate surface area is 127 Å². The molecule has 112 valence electrons. The number of halogens is 1. The van der Waals surface area contributed by atoms with Gasteiger partial charge in [-0.15, -0.1) is 0 Å². The van der Waals surface area contributed by atoms with Gasteiger partial charge in [-0.3, -0.25) is 9.20 Å². The maximum atomic E-state index is 13.0. The number of aromatic nitrogens is 2. The maximum Gasteiger partial charge on any atom is 0.258 e. The molecular weight excluding hydrogens is 281 g/mol. The van der Waals surface area contributed by atoms with Crippen LogP contribution >= 0.6 is 0 Å². The SMILES string of the molecule is Cc1cccn2c(=O)cc(CN(C)c3ccc(F)cc3)nc12. The molecule has 0 aliphatic rings. The second-order valence-electron chi connectivity index (χ2n) is 5.30. The molecule has 3 aromatic rings. The van der Waals surface area contributed by atoms with Crippen LogP contribution < -0.4 is 10.5 Å². The zero-order valence-corrected chi connectivity index (χ0v) is 12.5. The molecule has 5 heteroatoms. The second kappa shape index (κ2) is 5.60.